The maximum Gasteiger partial charge on any atom is 0.0936 e. The summed E-state index contributed by atoms with van der Waals surface area (Å²) >= 11 is 6.21. The molecule has 116 valence electrons. The fourth-order valence-corrected chi connectivity index (χ4v) is 5.69. The van der Waals surface area contributed by atoms with E-state index in [1.54, 1.807) is 0 Å². The van der Waals surface area contributed by atoms with E-state index >= 15 is 0 Å². The Balaban J connectivity index is 1.73. The average Bonchev–Trinajstić information content (AvgIpc) is 2.86. The third-order valence-electron chi connectivity index (χ3n) is 5.10. The van der Waals surface area contributed by atoms with Crippen LogP contribution in [0.2, 0.25) is 0 Å². The van der Waals surface area contributed by atoms with Crippen LogP contribution in [0, 0.1) is 9.49 Å². The number of benzene rings is 1. The van der Waals surface area contributed by atoms with Gasteiger partial charge in [-0.1, -0.05) is 48.0 Å². The molecule has 0 amide bonds. The maximum atomic E-state index is 6.48. The van der Waals surface area contributed by atoms with Crippen molar-refractivity contribution in [3.63, 3.8) is 0 Å². The lowest BCUT2D eigenvalue weighted by atomic mass is 9.75. The van der Waals surface area contributed by atoms with Crippen LogP contribution in [0.25, 0.3) is 0 Å². The first-order valence-electron chi connectivity index (χ1n) is 7.57. The second kappa shape index (κ2) is 5.77. The minimum Gasteiger partial charge on any atom is -0.370 e. The van der Waals surface area contributed by atoms with E-state index in [1.165, 1.54) is 9.13 Å². The van der Waals surface area contributed by atoms with Gasteiger partial charge in [0.1, 0.15) is 0 Å². The molecule has 2 saturated heterocycles. The van der Waals surface area contributed by atoms with E-state index in [2.05, 4.69) is 83.6 Å². The predicted molar refractivity (Wildman–Crippen MR) is 96.7 cm³/mol. The lowest BCUT2D eigenvalue weighted by Gasteiger charge is -2.35. The molecule has 0 N–H and O–H groups in total. The number of hydrogen-bond donors (Lipinski definition) is 0. The van der Waals surface area contributed by atoms with Crippen LogP contribution in [0.1, 0.15) is 39.2 Å². The quantitative estimate of drug-likeness (QED) is 0.465. The summed E-state index contributed by atoms with van der Waals surface area (Å²) < 4.78 is 14.0. The van der Waals surface area contributed by atoms with Crippen molar-refractivity contribution in [2.75, 3.05) is 0 Å². The molecule has 2 heterocycles. The smallest absolute Gasteiger partial charge is 0.0936 e. The first-order chi connectivity index (χ1) is 9.87. The van der Waals surface area contributed by atoms with Crippen molar-refractivity contribution in [2.45, 2.75) is 62.4 Å². The van der Waals surface area contributed by atoms with Crippen LogP contribution in [0.15, 0.2) is 24.3 Å². The molecule has 0 radical (unpaired) electrons. The standard InChI is InChI=1S/C17H22BrIO2/c1-11(2)17-9-15(16(3,21-17)8-14(17)18)20-10-12-6-4-5-7-13(12)19/h4-7,11,14-15H,8-10H2,1-3H3/t14-,15+,16-,17+/m0/s1. The van der Waals surface area contributed by atoms with Gasteiger partial charge in [-0.2, -0.15) is 0 Å². The summed E-state index contributed by atoms with van der Waals surface area (Å²) in [6.07, 6.45) is 2.20. The third-order valence-corrected chi connectivity index (χ3v) is 7.25. The summed E-state index contributed by atoms with van der Waals surface area (Å²) in [6.45, 7) is 7.38. The largest absolute Gasteiger partial charge is 0.370 e. The van der Waals surface area contributed by atoms with Crippen molar-refractivity contribution in [1.82, 2.24) is 0 Å². The van der Waals surface area contributed by atoms with Crippen molar-refractivity contribution >= 4 is 38.5 Å². The molecule has 1 aromatic carbocycles. The highest BCUT2D eigenvalue weighted by atomic mass is 127. The van der Waals surface area contributed by atoms with Crippen molar-refractivity contribution in [3.05, 3.63) is 33.4 Å². The van der Waals surface area contributed by atoms with Gasteiger partial charge >= 0.3 is 0 Å². The summed E-state index contributed by atoms with van der Waals surface area (Å²) in [5, 5.41) is 0. The molecule has 2 aliphatic rings. The van der Waals surface area contributed by atoms with E-state index in [9.17, 15) is 0 Å². The zero-order valence-electron chi connectivity index (χ0n) is 12.7. The number of ether oxygens (including phenoxy) is 2. The van der Waals surface area contributed by atoms with Crippen molar-refractivity contribution < 1.29 is 9.47 Å². The summed E-state index contributed by atoms with van der Waals surface area (Å²) in [6, 6.07) is 8.41. The van der Waals surface area contributed by atoms with Crippen LogP contribution >= 0.6 is 38.5 Å². The fourth-order valence-electron chi connectivity index (χ4n) is 3.70. The highest BCUT2D eigenvalue weighted by Crippen LogP contribution is 2.57. The van der Waals surface area contributed by atoms with Gasteiger partial charge in [0.2, 0.25) is 0 Å². The average molecular weight is 465 g/mol. The van der Waals surface area contributed by atoms with Crippen LogP contribution in [-0.2, 0) is 16.1 Å². The fraction of sp³-hybridized carbons (Fsp3) is 0.647. The molecule has 1 aromatic rings. The third kappa shape index (κ3) is 2.70. The van der Waals surface area contributed by atoms with Gasteiger partial charge in [-0.3, -0.25) is 0 Å². The Morgan fingerprint density at radius 1 is 1.38 bits per heavy atom. The molecule has 4 heteroatoms. The minimum atomic E-state index is -0.154. The van der Waals surface area contributed by atoms with Crippen molar-refractivity contribution in [1.29, 1.82) is 0 Å². The molecule has 0 aromatic heterocycles. The Bertz CT molecular complexity index is 535. The highest BCUT2D eigenvalue weighted by molar-refractivity contribution is 14.1. The Labute approximate surface area is 149 Å². The molecule has 0 unspecified atom stereocenters. The second-order valence-electron chi connectivity index (χ2n) is 6.79. The Kier molecular flexibility index (Phi) is 4.45. The van der Waals surface area contributed by atoms with Gasteiger partial charge < -0.3 is 9.47 Å². The van der Waals surface area contributed by atoms with E-state index in [1.807, 2.05) is 0 Å². The SMILES string of the molecule is CC(C)[C@]12C[C@@H](OCc3ccccc3I)[C@](C)(C[C@@H]1Br)O2. The minimum absolute atomic E-state index is 0.0662. The first-order valence-corrected chi connectivity index (χ1v) is 9.56. The molecule has 21 heavy (non-hydrogen) atoms. The molecule has 2 bridgehead atoms. The Hall–Kier alpha value is 0.350. The topological polar surface area (TPSA) is 18.5 Å². The van der Waals surface area contributed by atoms with E-state index in [4.69, 9.17) is 9.47 Å². The van der Waals surface area contributed by atoms with Gasteiger partial charge in [0.25, 0.3) is 0 Å². The molecule has 3 rings (SSSR count). The number of alkyl halides is 1. The Morgan fingerprint density at radius 3 is 2.71 bits per heavy atom. The van der Waals surface area contributed by atoms with Gasteiger partial charge in [-0.05, 0) is 53.5 Å². The molecular formula is C17H22BrIO2. The molecule has 2 fully saturated rings. The van der Waals surface area contributed by atoms with Gasteiger partial charge in [0, 0.05) is 14.8 Å². The van der Waals surface area contributed by atoms with Crippen LogP contribution in [0.4, 0.5) is 0 Å². The number of hydrogen-bond acceptors (Lipinski definition) is 2. The molecule has 0 spiro atoms. The van der Waals surface area contributed by atoms with Gasteiger partial charge in [0.05, 0.1) is 23.9 Å². The van der Waals surface area contributed by atoms with Crippen molar-refractivity contribution in [3.8, 4) is 0 Å². The van der Waals surface area contributed by atoms with E-state index in [-0.39, 0.29) is 17.3 Å². The first kappa shape index (κ1) is 16.2. The summed E-state index contributed by atoms with van der Waals surface area (Å²) in [4.78, 5) is 0.437. The monoisotopic (exact) mass is 464 g/mol. The normalized spacial score (nSPS) is 38.4. The summed E-state index contributed by atoms with van der Waals surface area (Å²) in [5.74, 6) is 0.495. The lowest BCUT2D eigenvalue weighted by molar-refractivity contribution is -0.0956. The van der Waals surface area contributed by atoms with E-state index in [0.717, 1.165) is 12.8 Å². The Morgan fingerprint density at radius 2 is 2.10 bits per heavy atom. The number of fused-ring (bicyclic) bond motifs is 2. The molecule has 0 saturated carbocycles. The molecular weight excluding hydrogens is 443 g/mol. The van der Waals surface area contributed by atoms with Crippen LogP contribution in [0.5, 0.6) is 0 Å². The lowest BCUT2D eigenvalue weighted by Crippen LogP contribution is -2.44. The maximum absolute atomic E-state index is 6.48. The zero-order chi connectivity index (χ0) is 15.3. The molecule has 0 aliphatic carbocycles. The van der Waals surface area contributed by atoms with Crippen LogP contribution in [-0.4, -0.2) is 22.1 Å². The predicted octanol–water partition coefficient (Wildman–Crippen LogP) is 4.92. The van der Waals surface area contributed by atoms with Gasteiger partial charge in [-0.15, -0.1) is 0 Å². The van der Waals surface area contributed by atoms with Crippen molar-refractivity contribution in [2.24, 2.45) is 5.92 Å². The van der Waals surface area contributed by atoms with Gasteiger partial charge in [0.15, 0.2) is 0 Å². The van der Waals surface area contributed by atoms with Gasteiger partial charge in [-0.25, -0.2) is 0 Å². The van der Waals surface area contributed by atoms with Crippen LogP contribution < -0.4 is 0 Å². The summed E-state index contributed by atoms with van der Waals surface area (Å²) in [7, 11) is 0. The summed E-state index contributed by atoms with van der Waals surface area (Å²) in [5.41, 5.74) is 1.04. The zero-order valence-corrected chi connectivity index (χ0v) is 16.5. The number of halogens is 2. The molecule has 2 nitrogen and oxygen atoms in total. The van der Waals surface area contributed by atoms with E-state index < -0.39 is 0 Å². The molecule has 4 atom stereocenters. The second-order valence-corrected chi connectivity index (χ2v) is 9.06. The number of rotatable bonds is 4. The molecule has 2 aliphatic heterocycles. The highest BCUT2D eigenvalue weighted by Gasteiger charge is 2.65. The van der Waals surface area contributed by atoms with E-state index in [0.29, 0.717) is 17.4 Å². The van der Waals surface area contributed by atoms with Crippen LogP contribution in [0.3, 0.4) is 0 Å².